The van der Waals surface area contributed by atoms with E-state index in [0.717, 1.165) is 23.1 Å². The second-order valence-electron chi connectivity index (χ2n) is 11.8. The Morgan fingerprint density at radius 2 is 1.56 bits per heavy atom. The number of hydrogen-bond donors (Lipinski definition) is 2. The normalized spacial score (nSPS) is 18.1. The predicted octanol–water partition coefficient (Wildman–Crippen LogP) is 5.78. The van der Waals surface area contributed by atoms with Crippen LogP contribution >= 0.6 is 0 Å². The second-order valence-corrected chi connectivity index (χ2v) is 11.8. The zero-order valence-corrected chi connectivity index (χ0v) is 24.6. The van der Waals surface area contributed by atoms with E-state index in [0.29, 0.717) is 11.4 Å². The number of amides is 3. The number of methoxy groups -OCH3 is 1. The average Bonchev–Trinajstić information content (AvgIpc) is 3.56. The van der Waals surface area contributed by atoms with Crippen LogP contribution in [-0.4, -0.2) is 47.6 Å². The average molecular weight is 538 g/mol. The molecule has 1 saturated carbocycles. The van der Waals surface area contributed by atoms with Crippen molar-refractivity contribution < 1.29 is 23.9 Å². The molecule has 1 fully saturated rings. The Morgan fingerprint density at radius 1 is 1.00 bits per heavy atom. The van der Waals surface area contributed by atoms with Gasteiger partial charge >= 0.3 is 6.09 Å². The van der Waals surface area contributed by atoms with Gasteiger partial charge in [0.25, 0.3) is 5.91 Å². The number of alkyl carbamates (subject to hydrolysis) is 1. The van der Waals surface area contributed by atoms with Gasteiger partial charge in [-0.25, -0.2) is 4.79 Å². The van der Waals surface area contributed by atoms with Crippen molar-refractivity contribution in [1.82, 2.24) is 10.2 Å². The Balaban J connectivity index is 2.06. The van der Waals surface area contributed by atoms with E-state index in [9.17, 15) is 14.4 Å². The molecule has 0 aliphatic heterocycles. The summed E-state index contributed by atoms with van der Waals surface area (Å²) in [7, 11) is 1.58. The van der Waals surface area contributed by atoms with Gasteiger partial charge in [0.05, 0.1) is 7.11 Å². The molecule has 0 radical (unpaired) electrons. The molecule has 0 spiro atoms. The number of ether oxygens (including phenoxy) is 2. The maximum atomic E-state index is 14.3. The molecule has 2 aromatic rings. The van der Waals surface area contributed by atoms with Gasteiger partial charge in [-0.3, -0.25) is 9.59 Å². The number of anilines is 1. The zero-order valence-electron chi connectivity index (χ0n) is 24.6. The van der Waals surface area contributed by atoms with Crippen molar-refractivity contribution in [3.63, 3.8) is 0 Å². The number of carbonyl (C=O) groups excluding carboxylic acids is 3. The monoisotopic (exact) mass is 537 g/mol. The lowest BCUT2D eigenvalue weighted by Crippen LogP contribution is -2.55. The molecule has 2 N–H and O–H groups in total. The molecule has 39 heavy (non-hydrogen) atoms. The molecule has 3 amide bonds. The molecular weight excluding hydrogens is 494 g/mol. The van der Waals surface area contributed by atoms with Gasteiger partial charge in [-0.1, -0.05) is 39.0 Å². The van der Waals surface area contributed by atoms with E-state index in [1.54, 1.807) is 57.0 Å². The maximum absolute atomic E-state index is 14.3. The molecule has 3 rings (SSSR count). The summed E-state index contributed by atoms with van der Waals surface area (Å²) in [6.07, 6.45) is 0.116. The Bertz CT molecular complexity index is 1170. The summed E-state index contributed by atoms with van der Waals surface area (Å²) >= 11 is 0. The molecule has 4 atom stereocenters. The molecule has 4 unspecified atom stereocenters. The van der Waals surface area contributed by atoms with Crippen molar-refractivity contribution in [3.8, 4) is 5.75 Å². The molecular formula is C31H43N3O5. The zero-order chi connectivity index (χ0) is 29.1. The second kappa shape index (κ2) is 12.1. The van der Waals surface area contributed by atoms with Crippen LogP contribution in [0.15, 0.2) is 42.5 Å². The van der Waals surface area contributed by atoms with Crippen molar-refractivity contribution in [3.05, 3.63) is 59.2 Å². The lowest BCUT2D eigenvalue weighted by atomic mass is 9.92. The third kappa shape index (κ3) is 7.52. The van der Waals surface area contributed by atoms with Crippen LogP contribution < -0.4 is 15.4 Å². The van der Waals surface area contributed by atoms with Crippen LogP contribution in [0, 0.1) is 25.7 Å². The van der Waals surface area contributed by atoms with E-state index in [2.05, 4.69) is 17.6 Å². The van der Waals surface area contributed by atoms with Crippen LogP contribution in [0.3, 0.4) is 0 Å². The molecule has 2 aromatic carbocycles. The summed E-state index contributed by atoms with van der Waals surface area (Å²) in [6, 6.07) is 11.0. The lowest BCUT2D eigenvalue weighted by Gasteiger charge is -2.37. The Kier molecular flexibility index (Phi) is 9.30. The quantitative estimate of drug-likeness (QED) is 0.423. The maximum Gasteiger partial charge on any atom is 0.408 e. The number of carbonyl (C=O) groups is 3. The lowest BCUT2D eigenvalue weighted by molar-refractivity contribution is -0.142. The molecule has 0 aromatic heterocycles. The summed E-state index contributed by atoms with van der Waals surface area (Å²) in [6.45, 7) is 15.0. The van der Waals surface area contributed by atoms with Gasteiger partial charge in [0, 0.05) is 11.7 Å². The summed E-state index contributed by atoms with van der Waals surface area (Å²) in [5.41, 5.74) is 2.50. The van der Waals surface area contributed by atoms with Gasteiger partial charge in [0.1, 0.15) is 23.4 Å². The fourth-order valence-corrected chi connectivity index (χ4v) is 4.82. The van der Waals surface area contributed by atoms with E-state index in [1.165, 1.54) is 0 Å². The third-order valence-electron chi connectivity index (χ3n) is 6.98. The fourth-order valence-electron chi connectivity index (χ4n) is 4.82. The minimum atomic E-state index is -0.891. The Morgan fingerprint density at radius 3 is 2.03 bits per heavy atom. The van der Waals surface area contributed by atoms with Crippen molar-refractivity contribution in [2.45, 2.75) is 85.5 Å². The van der Waals surface area contributed by atoms with Crippen molar-refractivity contribution in [2.75, 3.05) is 12.4 Å². The summed E-state index contributed by atoms with van der Waals surface area (Å²) in [4.78, 5) is 42.9. The number of nitrogens with one attached hydrogen (secondary N) is 2. The van der Waals surface area contributed by atoms with E-state index in [-0.39, 0.29) is 29.7 Å². The highest BCUT2D eigenvalue weighted by Gasteiger charge is 2.49. The van der Waals surface area contributed by atoms with Gasteiger partial charge in [-0.2, -0.15) is 0 Å². The standard InChI is InChI=1S/C31H43N3O5/c1-18(2)26(33-30(37)39-31(6,7)8)29(36)34(24-17-21(24)5)27(25-19(3)11-10-12-20(25)4)28(35)32-22-13-15-23(38-9)16-14-22/h10-16,18,21,24,26-27H,17H2,1-9H3,(H,32,35)(H,33,37). The summed E-state index contributed by atoms with van der Waals surface area (Å²) in [5.74, 6) is 0.0529. The molecule has 1 aliphatic rings. The molecule has 1 aliphatic carbocycles. The van der Waals surface area contributed by atoms with Gasteiger partial charge in [0.2, 0.25) is 5.91 Å². The fraction of sp³-hybridized carbons (Fsp3) is 0.516. The molecule has 8 heteroatoms. The molecule has 0 bridgehead atoms. The first-order valence-corrected chi connectivity index (χ1v) is 13.6. The third-order valence-corrected chi connectivity index (χ3v) is 6.98. The van der Waals surface area contributed by atoms with Gasteiger partial charge in [-0.15, -0.1) is 0 Å². The van der Waals surface area contributed by atoms with E-state index in [1.807, 2.05) is 45.9 Å². The van der Waals surface area contributed by atoms with Crippen LogP contribution in [0.1, 0.15) is 70.7 Å². The van der Waals surface area contributed by atoms with Gasteiger partial charge in [0.15, 0.2) is 0 Å². The first-order valence-electron chi connectivity index (χ1n) is 13.6. The number of hydrogen-bond acceptors (Lipinski definition) is 5. The highest BCUT2D eigenvalue weighted by atomic mass is 16.6. The molecule has 212 valence electrons. The van der Waals surface area contributed by atoms with Crippen LogP contribution in [0.5, 0.6) is 5.75 Å². The number of nitrogens with zero attached hydrogens (tertiary/aromatic N) is 1. The molecule has 8 nitrogen and oxygen atoms in total. The predicted molar refractivity (Wildman–Crippen MR) is 153 cm³/mol. The van der Waals surface area contributed by atoms with Crippen LogP contribution in [0.2, 0.25) is 0 Å². The SMILES string of the molecule is COc1ccc(NC(=O)C(c2c(C)cccc2C)N(C(=O)C(NC(=O)OC(C)(C)C)C(C)C)C2CC2C)cc1. The Labute approximate surface area is 232 Å². The topological polar surface area (TPSA) is 97.0 Å². The molecule has 0 saturated heterocycles. The van der Waals surface area contributed by atoms with E-state index < -0.39 is 23.8 Å². The van der Waals surface area contributed by atoms with E-state index >= 15 is 0 Å². The van der Waals surface area contributed by atoms with Crippen molar-refractivity contribution >= 4 is 23.6 Å². The minimum absolute atomic E-state index is 0.134. The van der Waals surface area contributed by atoms with Crippen LogP contribution in [0.25, 0.3) is 0 Å². The Hall–Kier alpha value is -3.55. The molecule has 0 heterocycles. The van der Waals surface area contributed by atoms with Crippen molar-refractivity contribution in [2.24, 2.45) is 11.8 Å². The number of aryl methyl sites for hydroxylation is 2. The van der Waals surface area contributed by atoms with Gasteiger partial charge < -0.3 is 25.0 Å². The number of rotatable bonds is 9. The summed E-state index contributed by atoms with van der Waals surface area (Å²) in [5, 5.41) is 5.81. The van der Waals surface area contributed by atoms with Crippen LogP contribution in [-0.2, 0) is 14.3 Å². The summed E-state index contributed by atoms with van der Waals surface area (Å²) < 4.78 is 10.7. The van der Waals surface area contributed by atoms with Crippen LogP contribution in [0.4, 0.5) is 10.5 Å². The smallest absolute Gasteiger partial charge is 0.408 e. The van der Waals surface area contributed by atoms with E-state index in [4.69, 9.17) is 9.47 Å². The highest BCUT2D eigenvalue weighted by molar-refractivity contribution is 5.99. The first-order chi connectivity index (χ1) is 18.2. The number of benzene rings is 2. The minimum Gasteiger partial charge on any atom is -0.497 e. The highest BCUT2D eigenvalue weighted by Crippen LogP contribution is 2.42. The van der Waals surface area contributed by atoms with Crippen molar-refractivity contribution in [1.29, 1.82) is 0 Å². The first kappa shape index (κ1) is 30.0. The van der Waals surface area contributed by atoms with Gasteiger partial charge in [-0.05, 0) is 93.8 Å². The largest absolute Gasteiger partial charge is 0.497 e.